The fourth-order valence-electron chi connectivity index (χ4n) is 3.61. The second kappa shape index (κ2) is 7.84. The molecule has 0 unspecified atom stereocenters. The third-order valence-electron chi connectivity index (χ3n) is 5.15. The lowest BCUT2D eigenvalue weighted by atomic mass is 10.2. The standard InChI is InChI=1S/C22H24N2O3/c1-26-21-9-5-3-7-18(21)24-14-12-23(13-15-24)11-10-19(25)22-16-17-6-2-4-8-20(17)27-22/h2-9,16H,10-15H2,1H3. The number of piperazine rings is 1. The van der Waals surface area contributed by atoms with Gasteiger partial charge in [0.25, 0.3) is 0 Å². The highest BCUT2D eigenvalue weighted by molar-refractivity contribution is 5.97. The summed E-state index contributed by atoms with van der Waals surface area (Å²) < 4.78 is 11.1. The van der Waals surface area contributed by atoms with Gasteiger partial charge in [-0.2, -0.15) is 0 Å². The van der Waals surface area contributed by atoms with Crippen LogP contribution in [0.5, 0.6) is 5.75 Å². The SMILES string of the molecule is COc1ccccc1N1CCN(CCC(=O)c2cc3ccccc3o2)CC1. The number of carbonyl (C=O) groups excluding carboxylic acids is 1. The van der Waals surface area contributed by atoms with Crippen LogP contribution in [-0.2, 0) is 0 Å². The lowest BCUT2D eigenvalue weighted by molar-refractivity contribution is 0.0937. The monoisotopic (exact) mass is 364 g/mol. The Morgan fingerprint density at radius 2 is 1.78 bits per heavy atom. The molecule has 0 bridgehead atoms. The van der Waals surface area contributed by atoms with Gasteiger partial charge in [-0.1, -0.05) is 30.3 Å². The van der Waals surface area contributed by atoms with Gasteiger partial charge in [-0.25, -0.2) is 0 Å². The Balaban J connectivity index is 1.31. The van der Waals surface area contributed by atoms with Crippen LogP contribution in [0.3, 0.4) is 0 Å². The number of nitrogens with zero attached hydrogens (tertiary/aromatic N) is 2. The molecule has 1 aromatic heterocycles. The van der Waals surface area contributed by atoms with Crippen molar-refractivity contribution in [2.75, 3.05) is 44.7 Å². The van der Waals surface area contributed by atoms with Crippen molar-refractivity contribution in [2.45, 2.75) is 6.42 Å². The number of hydrogen-bond donors (Lipinski definition) is 0. The van der Waals surface area contributed by atoms with E-state index in [1.807, 2.05) is 48.5 Å². The summed E-state index contributed by atoms with van der Waals surface area (Å²) in [6, 6.07) is 17.7. The van der Waals surface area contributed by atoms with Crippen molar-refractivity contribution in [1.82, 2.24) is 4.90 Å². The van der Waals surface area contributed by atoms with Crippen LogP contribution in [0.4, 0.5) is 5.69 Å². The van der Waals surface area contributed by atoms with E-state index < -0.39 is 0 Å². The molecule has 0 atom stereocenters. The number of rotatable bonds is 6. The van der Waals surface area contributed by atoms with Gasteiger partial charge < -0.3 is 14.1 Å². The third-order valence-corrected chi connectivity index (χ3v) is 5.15. The summed E-state index contributed by atoms with van der Waals surface area (Å²) in [7, 11) is 1.71. The number of para-hydroxylation sites is 3. The number of anilines is 1. The lowest BCUT2D eigenvalue weighted by Gasteiger charge is -2.36. The lowest BCUT2D eigenvalue weighted by Crippen LogP contribution is -2.47. The van der Waals surface area contributed by atoms with Crippen molar-refractivity contribution in [2.24, 2.45) is 0 Å². The number of benzene rings is 2. The second-order valence-electron chi connectivity index (χ2n) is 6.82. The van der Waals surface area contributed by atoms with Crippen LogP contribution in [0.1, 0.15) is 17.0 Å². The van der Waals surface area contributed by atoms with Crippen LogP contribution in [0, 0.1) is 0 Å². The molecule has 5 nitrogen and oxygen atoms in total. The molecule has 0 spiro atoms. The Hall–Kier alpha value is -2.79. The Morgan fingerprint density at radius 1 is 1.04 bits per heavy atom. The summed E-state index contributed by atoms with van der Waals surface area (Å²) in [6.07, 6.45) is 0.481. The van der Waals surface area contributed by atoms with Crippen LogP contribution in [0.25, 0.3) is 11.0 Å². The largest absolute Gasteiger partial charge is 0.495 e. The zero-order valence-electron chi connectivity index (χ0n) is 15.6. The van der Waals surface area contributed by atoms with Gasteiger partial charge in [0.15, 0.2) is 11.5 Å². The first-order chi connectivity index (χ1) is 13.2. The normalized spacial score (nSPS) is 15.2. The van der Waals surface area contributed by atoms with E-state index >= 15 is 0 Å². The highest BCUT2D eigenvalue weighted by Crippen LogP contribution is 2.28. The zero-order valence-corrected chi connectivity index (χ0v) is 15.6. The van der Waals surface area contributed by atoms with E-state index in [0.29, 0.717) is 12.2 Å². The number of ether oxygens (including phenoxy) is 1. The maximum Gasteiger partial charge on any atom is 0.199 e. The number of hydrogen-bond acceptors (Lipinski definition) is 5. The zero-order chi connectivity index (χ0) is 18.6. The van der Waals surface area contributed by atoms with Crippen LogP contribution < -0.4 is 9.64 Å². The predicted molar refractivity (Wildman–Crippen MR) is 107 cm³/mol. The average Bonchev–Trinajstić information content (AvgIpc) is 3.17. The molecule has 5 heteroatoms. The smallest absolute Gasteiger partial charge is 0.199 e. The molecule has 0 N–H and O–H groups in total. The van der Waals surface area contributed by atoms with Crippen molar-refractivity contribution in [1.29, 1.82) is 0 Å². The molecule has 2 aromatic carbocycles. The van der Waals surface area contributed by atoms with E-state index in [1.165, 1.54) is 0 Å². The van der Waals surface area contributed by atoms with Gasteiger partial charge in [0.05, 0.1) is 12.8 Å². The number of furan rings is 1. The Labute approximate surface area is 159 Å². The van der Waals surface area contributed by atoms with Crippen molar-refractivity contribution in [3.63, 3.8) is 0 Å². The quantitative estimate of drug-likeness (QED) is 0.622. The number of methoxy groups -OCH3 is 1. The first kappa shape index (κ1) is 17.6. The predicted octanol–water partition coefficient (Wildman–Crippen LogP) is 3.84. The number of fused-ring (bicyclic) bond motifs is 1. The van der Waals surface area contributed by atoms with Gasteiger partial charge in [-0.15, -0.1) is 0 Å². The van der Waals surface area contributed by atoms with Crippen LogP contribution in [-0.4, -0.2) is 50.5 Å². The summed E-state index contributed by atoms with van der Waals surface area (Å²) in [5, 5.41) is 0.978. The maximum atomic E-state index is 12.5. The number of ketones is 1. The molecule has 1 fully saturated rings. The van der Waals surface area contributed by atoms with E-state index in [0.717, 1.165) is 55.1 Å². The van der Waals surface area contributed by atoms with Gasteiger partial charge in [0.2, 0.25) is 0 Å². The molecule has 1 aliphatic rings. The molecule has 2 heterocycles. The van der Waals surface area contributed by atoms with Gasteiger partial charge in [0, 0.05) is 44.5 Å². The van der Waals surface area contributed by atoms with Crippen LogP contribution in [0.2, 0.25) is 0 Å². The fraction of sp³-hybridized carbons (Fsp3) is 0.318. The van der Waals surface area contributed by atoms with E-state index in [-0.39, 0.29) is 5.78 Å². The minimum absolute atomic E-state index is 0.0679. The van der Waals surface area contributed by atoms with Gasteiger partial charge in [-0.05, 0) is 24.3 Å². The maximum absolute atomic E-state index is 12.5. The minimum Gasteiger partial charge on any atom is -0.495 e. The van der Waals surface area contributed by atoms with Gasteiger partial charge in [0.1, 0.15) is 11.3 Å². The summed E-state index contributed by atoms with van der Waals surface area (Å²) in [4.78, 5) is 17.2. The van der Waals surface area contributed by atoms with Crippen molar-refractivity contribution in [3.8, 4) is 5.75 Å². The molecular weight excluding hydrogens is 340 g/mol. The molecule has 0 amide bonds. The van der Waals surface area contributed by atoms with E-state index in [2.05, 4.69) is 15.9 Å². The van der Waals surface area contributed by atoms with Crippen molar-refractivity contribution in [3.05, 3.63) is 60.4 Å². The number of carbonyl (C=O) groups is 1. The summed E-state index contributed by atoms with van der Waals surface area (Å²) >= 11 is 0. The molecule has 1 aliphatic heterocycles. The molecule has 140 valence electrons. The van der Waals surface area contributed by atoms with Crippen LogP contribution >= 0.6 is 0 Å². The second-order valence-corrected chi connectivity index (χ2v) is 6.82. The average molecular weight is 364 g/mol. The summed E-state index contributed by atoms with van der Waals surface area (Å²) in [5.74, 6) is 1.44. The molecule has 0 saturated carbocycles. The molecule has 0 aliphatic carbocycles. The van der Waals surface area contributed by atoms with Crippen molar-refractivity contribution >= 4 is 22.4 Å². The first-order valence-corrected chi connectivity index (χ1v) is 9.37. The molecular formula is C22H24N2O3. The Morgan fingerprint density at radius 3 is 2.56 bits per heavy atom. The third kappa shape index (κ3) is 3.83. The molecule has 0 radical (unpaired) electrons. The highest BCUT2D eigenvalue weighted by atomic mass is 16.5. The van der Waals surface area contributed by atoms with E-state index in [9.17, 15) is 4.79 Å². The Bertz CT molecular complexity index is 893. The van der Waals surface area contributed by atoms with Gasteiger partial charge in [-0.3, -0.25) is 9.69 Å². The Kier molecular flexibility index (Phi) is 5.12. The fourth-order valence-corrected chi connectivity index (χ4v) is 3.61. The minimum atomic E-state index is 0.0679. The van der Waals surface area contributed by atoms with E-state index in [1.54, 1.807) is 7.11 Å². The molecule has 1 saturated heterocycles. The first-order valence-electron chi connectivity index (χ1n) is 9.37. The van der Waals surface area contributed by atoms with E-state index in [4.69, 9.17) is 9.15 Å². The van der Waals surface area contributed by atoms with Gasteiger partial charge >= 0.3 is 0 Å². The molecule has 27 heavy (non-hydrogen) atoms. The molecule has 4 rings (SSSR count). The summed E-state index contributed by atoms with van der Waals surface area (Å²) in [5.41, 5.74) is 1.91. The van der Waals surface area contributed by atoms with Crippen molar-refractivity contribution < 1.29 is 13.9 Å². The molecule has 3 aromatic rings. The topological polar surface area (TPSA) is 45.9 Å². The van der Waals surface area contributed by atoms with Crippen LogP contribution in [0.15, 0.2) is 59.0 Å². The number of Topliss-reactive ketones (excluding diaryl/α,β-unsaturated/α-hetero) is 1. The highest BCUT2D eigenvalue weighted by Gasteiger charge is 2.21. The summed E-state index contributed by atoms with van der Waals surface area (Å²) in [6.45, 7) is 4.49.